The van der Waals surface area contributed by atoms with Crippen molar-refractivity contribution < 1.29 is 9.59 Å². The summed E-state index contributed by atoms with van der Waals surface area (Å²) < 4.78 is 0. The summed E-state index contributed by atoms with van der Waals surface area (Å²) in [6.07, 6.45) is 2.64. The molecular formula is C17H22O2. The van der Waals surface area contributed by atoms with Crippen LogP contribution in [0.4, 0.5) is 0 Å². The molecule has 0 amide bonds. The number of Topliss-reactive ketones (excluding diaryl/α,β-unsaturated/α-hetero) is 2. The van der Waals surface area contributed by atoms with Crippen LogP contribution in [-0.4, -0.2) is 11.6 Å². The molecule has 0 saturated carbocycles. The Kier molecular flexibility index (Phi) is 3.88. The zero-order valence-electron chi connectivity index (χ0n) is 12.0. The summed E-state index contributed by atoms with van der Waals surface area (Å²) in [5, 5.41) is 0. The lowest BCUT2D eigenvalue weighted by Gasteiger charge is -2.33. The first-order valence-electron chi connectivity index (χ1n) is 7.07. The van der Waals surface area contributed by atoms with Crippen molar-refractivity contribution in [3.05, 3.63) is 35.4 Å². The summed E-state index contributed by atoms with van der Waals surface area (Å²) in [5.74, 6) is 0.721. The highest BCUT2D eigenvalue weighted by Gasteiger charge is 2.39. The van der Waals surface area contributed by atoms with E-state index >= 15 is 0 Å². The number of hydrogen-bond donors (Lipinski definition) is 0. The van der Waals surface area contributed by atoms with Gasteiger partial charge in [-0.3, -0.25) is 9.59 Å². The Morgan fingerprint density at radius 2 is 2.00 bits per heavy atom. The first-order chi connectivity index (χ1) is 8.92. The van der Waals surface area contributed by atoms with Crippen molar-refractivity contribution in [3.8, 4) is 0 Å². The van der Waals surface area contributed by atoms with Crippen LogP contribution in [0.2, 0.25) is 0 Å². The van der Waals surface area contributed by atoms with Crippen molar-refractivity contribution in [1.29, 1.82) is 0 Å². The molecule has 1 aromatic rings. The molecule has 0 aromatic heterocycles. The number of carbonyl (C=O) groups excluding carboxylic acids is 2. The quantitative estimate of drug-likeness (QED) is 0.822. The smallest absolute Gasteiger partial charge is 0.169 e. The summed E-state index contributed by atoms with van der Waals surface area (Å²) in [5.41, 5.74) is 1.44. The predicted octanol–water partition coefficient (Wildman–Crippen LogP) is 3.83. The van der Waals surface area contributed by atoms with Crippen molar-refractivity contribution in [2.45, 2.75) is 46.5 Å². The second kappa shape index (κ2) is 5.28. The van der Waals surface area contributed by atoms with Gasteiger partial charge in [-0.1, -0.05) is 45.0 Å². The highest BCUT2D eigenvalue weighted by molar-refractivity contribution is 6.04. The maximum atomic E-state index is 12.6. The average Bonchev–Trinajstić information content (AvgIpc) is 2.33. The van der Waals surface area contributed by atoms with Gasteiger partial charge < -0.3 is 0 Å². The van der Waals surface area contributed by atoms with Crippen LogP contribution in [0.25, 0.3) is 0 Å². The van der Waals surface area contributed by atoms with E-state index in [0.29, 0.717) is 18.8 Å². The van der Waals surface area contributed by atoms with Crippen LogP contribution in [0.5, 0.6) is 0 Å². The number of benzene rings is 1. The van der Waals surface area contributed by atoms with E-state index in [-0.39, 0.29) is 11.6 Å². The summed E-state index contributed by atoms with van der Waals surface area (Å²) in [7, 11) is 0. The Hall–Kier alpha value is -1.44. The van der Waals surface area contributed by atoms with Crippen molar-refractivity contribution in [2.24, 2.45) is 11.3 Å². The van der Waals surface area contributed by atoms with E-state index < -0.39 is 5.41 Å². The fourth-order valence-corrected chi connectivity index (χ4v) is 2.94. The lowest BCUT2D eigenvalue weighted by Crippen LogP contribution is -2.35. The van der Waals surface area contributed by atoms with Crippen LogP contribution in [-0.2, 0) is 11.2 Å². The molecule has 1 atom stereocenters. The molecule has 0 spiro atoms. The molecule has 19 heavy (non-hydrogen) atoms. The molecule has 0 N–H and O–H groups in total. The molecule has 1 unspecified atom stereocenters. The molecule has 0 fully saturated rings. The molecule has 0 saturated heterocycles. The summed E-state index contributed by atoms with van der Waals surface area (Å²) in [4.78, 5) is 24.6. The molecular weight excluding hydrogens is 236 g/mol. The molecule has 1 aliphatic rings. The van der Waals surface area contributed by atoms with Gasteiger partial charge in [-0.2, -0.15) is 0 Å². The van der Waals surface area contributed by atoms with Crippen molar-refractivity contribution in [3.63, 3.8) is 0 Å². The van der Waals surface area contributed by atoms with Gasteiger partial charge in [-0.05, 0) is 24.3 Å². The predicted molar refractivity (Wildman–Crippen MR) is 76.3 cm³/mol. The van der Waals surface area contributed by atoms with Gasteiger partial charge in [0.1, 0.15) is 5.78 Å². The first-order valence-corrected chi connectivity index (χ1v) is 7.07. The van der Waals surface area contributed by atoms with Crippen molar-refractivity contribution >= 4 is 11.6 Å². The van der Waals surface area contributed by atoms with Crippen LogP contribution >= 0.6 is 0 Å². The standard InChI is InChI=1S/C17H22O2/c1-12(2)10-14(18)11-17(3)9-8-13-6-4-5-7-15(13)16(17)19/h4-7,12H,8-11H2,1-3H3. The second-order valence-corrected chi connectivity index (χ2v) is 6.36. The third-order valence-corrected chi connectivity index (χ3v) is 3.98. The van der Waals surface area contributed by atoms with Gasteiger partial charge in [-0.15, -0.1) is 0 Å². The lowest BCUT2D eigenvalue weighted by molar-refractivity contribution is -0.121. The Labute approximate surface area is 115 Å². The number of carbonyl (C=O) groups is 2. The summed E-state index contributed by atoms with van der Waals surface area (Å²) >= 11 is 0. The van der Waals surface area contributed by atoms with E-state index in [1.165, 1.54) is 0 Å². The minimum atomic E-state index is -0.500. The van der Waals surface area contributed by atoms with Crippen LogP contribution in [0.1, 0.15) is 56.0 Å². The second-order valence-electron chi connectivity index (χ2n) is 6.36. The number of hydrogen-bond acceptors (Lipinski definition) is 2. The van der Waals surface area contributed by atoms with Gasteiger partial charge in [0.15, 0.2) is 5.78 Å². The Morgan fingerprint density at radius 1 is 1.32 bits per heavy atom. The normalized spacial score (nSPS) is 22.4. The van der Waals surface area contributed by atoms with Crippen molar-refractivity contribution in [2.75, 3.05) is 0 Å². The summed E-state index contributed by atoms with van der Waals surface area (Å²) in [6.45, 7) is 6.03. The highest BCUT2D eigenvalue weighted by Crippen LogP contribution is 2.38. The Bertz CT molecular complexity index is 502. The number of rotatable bonds is 4. The van der Waals surface area contributed by atoms with Gasteiger partial charge in [-0.25, -0.2) is 0 Å². The SMILES string of the molecule is CC(C)CC(=O)CC1(C)CCc2ccccc2C1=O. The van der Waals surface area contributed by atoms with Gasteiger partial charge in [0.25, 0.3) is 0 Å². The fraction of sp³-hybridized carbons (Fsp3) is 0.529. The zero-order valence-corrected chi connectivity index (χ0v) is 12.0. The van der Waals surface area contributed by atoms with Crippen LogP contribution < -0.4 is 0 Å². The largest absolute Gasteiger partial charge is 0.300 e. The molecule has 0 radical (unpaired) electrons. The molecule has 2 heteroatoms. The van der Waals surface area contributed by atoms with Crippen molar-refractivity contribution in [1.82, 2.24) is 0 Å². The van der Waals surface area contributed by atoms with E-state index in [4.69, 9.17) is 0 Å². The minimum absolute atomic E-state index is 0.145. The third-order valence-electron chi connectivity index (χ3n) is 3.98. The highest BCUT2D eigenvalue weighted by atomic mass is 16.1. The summed E-state index contributed by atoms with van der Waals surface area (Å²) in [6, 6.07) is 7.78. The van der Waals surface area contributed by atoms with Gasteiger partial charge in [0.2, 0.25) is 0 Å². The molecule has 102 valence electrons. The van der Waals surface area contributed by atoms with Gasteiger partial charge >= 0.3 is 0 Å². The Balaban J connectivity index is 2.18. The zero-order chi connectivity index (χ0) is 14.0. The van der Waals surface area contributed by atoms with E-state index in [9.17, 15) is 9.59 Å². The van der Waals surface area contributed by atoms with E-state index in [2.05, 4.69) is 0 Å². The van der Waals surface area contributed by atoms with Gasteiger partial charge in [0.05, 0.1) is 0 Å². The minimum Gasteiger partial charge on any atom is -0.300 e. The first kappa shape index (κ1) is 14.0. The fourth-order valence-electron chi connectivity index (χ4n) is 2.94. The van der Waals surface area contributed by atoms with Crippen LogP contribution in [0, 0.1) is 11.3 Å². The molecule has 0 aliphatic heterocycles. The maximum Gasteiger partial charge on any atom is 0.169 e. The number of fused-ring (bicyclic) bond motifs is 1. The van der Waals surface area contributed by atoms with E-state index in [1.807, 2.05) is 45.0 Å². The number of ketones is 2. The van der Waals surface area contributed by atoms with Crippen LogP contribution in [0.3, 0.4) is 0 Å². The average molecular weight is 258 g/mol. The van der Waals surface area contributed by atoms with Gasteiger partial charge in [0, 0.05) is 23.8 Å². The molecule has 0 heterocycles. The topological polar surface area (TPSA) is 34.1 Å². The van der Waals surface area contributed by atoms with Crippen LogP contribution in [0.15, 0.2) is 24.3 Å². The third kappa shape index (κ3) is 2.94. The molecule has 2 rings (SSSR count). The molecule has 2 nitrogen and oxygen atoms in total. The lowest BCUT2D eigenvalue weighted by atomic mass is 9.69. The van der Waals surface area contributed by atoms with E-state index in [0.717, 1.165) is 24.0 Å². The monoisotopic (exact) mass is 258 g/mol. The molecule has 1 aromatic carbocycles. The molecule has 1 aliphatic carbocycles. The number of aryl methyl sites for hydroxylation is 1. The van der Waals surface area contributed by atoms with E-state index in [1.54, 1.807) is 0 Å². The molecule has 0 bridgehead atoms. The maximum absolute atomic E-state index is 12.6. The Morgan fingerprint density at radius 3 is 2.68 bits per heavy atom.